The summed E-state index contributed by atoms with van der Waals surface area (Å²) in [6.07, 6.45) is -0.125. The Kier molecular flexibility index (Phi) is 2.99. The third-order valence-corrected chi connectivity index (χ3v) is 4.81. The van der Waals surface area contributed by atoms with Gasteiger partial charge in [0.15, 0.2) is 0 Å². The van der Waals surface area contributed by atoms with Gasteiger partial charge in [-0.25, -0.2) is 4.39 Å². The number of phenolic OH excluding ortho intramolecular Hbond substituents is 2. The number of alkyl halides is 1. The molecule has 1 aliphatic heterocycles. The Morgan fingerprint density at radius 2 is 1.68 bits per heavy atom. The molecule has 0 spiro atoms. The Balaban J connectivity index is 1.78. The molecular formula is C18H17FO3. The first-order chi connectivity index (χ1) is 10.6. The number of phenols is 2. The summed E-state index contributed by atoms with van der Waals surface area (Å²) in [6.45, 7) is 0. The van der Waals surface area contributed by atoms with Crippen molar-refractivity contribution >= 4 is 0 Å². The topological polar surface area (TPSA) is 49.7 Å². The minimum atomic E-state index is -0.841. The summed E-state index contributed by atoms with van der Waals surface area (Å²) in [5.74, 6) is 1.22. The van der Waals surface area contributed by atoms with Gasteiger partial charge in [-0.2, -0.15) is 0 Å². The van der Waals surface area contributed by atoms with E-state index >= 15 is 0 Å². The van der Waals surface area contributed by atoms with Crippen molar-refractivity contribution in [3.05, 3.63) is 53.6 Å². The van der Waals surface area contributed by atoms with E-state index in [1.54, 1.807) is 30.3 Å². The molecule has 1 heterocycles. The van der Waals surface area contributed by atoms with Gasteiger partial charge in [0, 0.05) is 11.5 Å². The molecule has 4 rings (SSSR count). The number of fused-ring (bicyclic) bond motifs is 3. The predicted octanol–water partition coefficient (Wildman–Crippen LogP) is 4.06. The largest absolute Gasteiger partial charge is 0.508 e. The van der Waals surface area contributed by atoms with Gasteiger partial charge in [-0.3, -0.25) is 0 Å². The van der Waals surface area contributed by atoms with Crippen LogP contribution >= 0.6 is 0 Å². The SMILES string of the molecule is Oc1ccc([C@H]2Oc3ccc(O)cc3[C@H]3C[C@H](F)C[C@H]32)cc1. The van der Waals surface area contributed by atoms with Crippen molar-refractivity contribution in [3.8, 4) is 17.2 Å². The van der Waals surface area contributed by atoms with Crippen molar-refractivity contribution < 1.29 is 19.3 Å². The molecule has 1 saturated carbocycles. The van der Waals surface area contributed by atoms with E-state index in [0.29, 0.717) is 18.6 Å². The van der Waals surface area contributed by atoms with Crippen LogP contribution in [0.1, 0.15) is 36.0 Å². The third-order valence-electron chi connectivity index (χ3n) is 4.81. The van der Waals surface area contributed by atoms with E-state index in [1.165, 1.54) is 0 Å². The molecule has 2 aliphatic rings. The van der Waals surface area contributed by atoms with Gasteiger partial charge in [-0.15, -0.1) is 0 Å². The Labute approximate surface area is 128 Å². The molecule has 22 heavy (non-hydrogen) atoms. The minimum absolute atomic E-state index is 0.0499. The van der Waals surface area contributed by atoms with E-state index in [9.17, 15) is 14.6 Å². The molecule has 0 unspecified atom stereocenters. The molecule has 2 N–H and O–H groups in total. The van der Waals surface area contributed by atoms with Gasteiger partial charge in [-0.05, 0) is 54.7 Å². The average Bonchev–Trinajstić information content (AvgIpc) is 2.89. The zero-order valence-electron chi connectivity index (χ0n) is 11.9. The molecule has 0 saturated heterocycles. The molecule has 1 fully saturated rings. The highest BCUT2D eigenvalue weighted by Crippen LogP contribution is 2.55. The number of rotatable bonds is 1. The lowest BCUT2D eigenvalue weighted by Crippen LogP contribution is -2.26. The van der Waals surface area contributed by atoms with Gasteiger partial charge >= 0.3 is 0 Å². The van der Waals surface area contributed by atoms with E-state index in [2.05, 4.69) is 0 Å². The lowest BCUT2D eigenvalue weighted by atomic mass is 9.80. The maximum absolute atomic E-state index is 14.0. The number of ether oxygens (including phenoxy) is 1. The highest BCUT2D eigenvalue weighted by Gasteiger charge is 2.45. The molecular weight excluding hydrogens is 283 g/mol. The van der Waals surface area contributed by atoms with Crippen LogP contribution in [0.3, 0.4) is 0 Å². The van der Waals surface area contributed by atoms with Crippen molar-refractivity contribution in [1.82, 2.24) is 0 Å². The Morgan fingerprint density at radius 3 is 2.45 bits per heavy atom. The molecule has 4 atom stereocenters. The monoisotopic (exact) mass is 300 g/mol. The second kappa shape index (κ2) is 4.90. The summed E-state index contributed by atoms with van der Waals surface area (Å²) in [5.41, 5.74) is 1.85. The van der Waals surface area contributed by atoms with Crippen LogP contribution in [-0.4, -0.2) is 16.4 Å². The summed E-state index contributed by atoms with van der Waals surface area (Å²) in [7, 11) is 0. The number of benzene rings is 2. The zero-order chi connectivity index (χ0) is 15.3. The molecule has 0 amide bonds. The highest BCUT2D eigenvalue weighted by atomic mass is 19.1. The Hall–Kier alpha value is -2.23. The number of hydrogen-bond donors (Lipinski definition) is 2. The fourth-order valence-corrected chi connectivity index (χ4v) is 3.83. The lowest BCUT2D eigenvalue weighted by molar-refractivity contribution is 0.102. The van der Waals surface area contributed by atoms with Crippen molar-refractivity contribution in [2.24, 2.45) is 5.92 Å². The van der Waals surface area contributed by atoms with Crippen LogP contribution in [0.4, 0.5) is 4.39 Å². The molecule has 3 nitrogen and oxygen atoms in total. The summed E-state index contributed by atoms with van der Waals surface area (Å²) in [4.78, 5) is 0. The van der Waals surface area contributed by atoms with Gasteiger partial charge in [0.25, 0.3) is 0 Å². The van der Waals surface area contributed by atoms with Gasteiger partial charge < -0.3 is 14.9 Å². The summed E-state index contributed by atoms with van der Waals surface area (Å²) in [6, 6.07) is 11.9. The number of halogens is 1. The number of aromatic hydroxyl groups is 2. The molecule has 4 heteroatoms. The standard InChI is InChI=1S/C18H17FO3/c19-11-7-14-15-9-13(21)5-6-17(15)22-18(16(14)8-11)10-1-3-12(20)4-2-10/h1-6,9,11,14,16,18,20-21H,7-8H2/t11-,14+,16+,18+/m0/s1. The average molecular weight is 300 g/mol. The molecule has 114 valence electrons. The first kappa shape index (κ1) is 13.4. The second-order valence-corrected chi connectivity index (χ2v) is 6.19. The van der Waals surface area contributed by atoms with Crippen LogP contribution < -0.4 is 4.74 Å². The predicted molar refractivity (Wildman–Crippen MR) is 79.9 cm³/mol. The van der Waals surface area contributed by atoms with Crippen LogP contribution in [0, 0.1) is 5.92 Å². The lowest BCUT2D eigenvalue weighted by Gasteiger charge is -2.36. The highest BCUT2D eigenvalue weighted by molar-refractivity contribution is 5.46. The van der Waals surface area contributed by atoms with Gasteiger partial charge in [-0.1, -0.05) is 12.1 Å². The first-order valence-electron chi connectivity index (χ1n) is 7.54. The second-order valence-electron chi connectivity index (χ2n) is 6.19. The Morgan fingerprint density at radius 1 is 0.955 bits per heavy atom. The van der Waals surface area contributed by atoms with E-state index in [1.807, 2.05) is 12.1 Å². The normalized spacial score (nSPS) is 29.5. The zero-order valence-corrected chi connectivity index (χ0v) is 11.9. The van der Waals surface area contributed by atoms with Crippen molar-refractivity contribution in [2.45, 2.75) is 31.0 Å². The van der Waals surface area contributed by atoms with Crippen LogP contribution in [0.15, 0.2) is 42.5 Å². The maximum Gasteiger partial charge on any atom is 0.127 e. The van der Waals surface area contributed by atoms with Crippen molar-refractivity contribution in [2.75, 3.05) is 0 Å². The number of hydrogen-bond acceptors (Lipinski definition) is 3. The summed E-state index contributed by atoms with van der Waals surface area (Å²) in [5, 5.41) is 19.2. The van der Waals surface area contributed by atoms with Gasteiger partial charge in [0.05, 0.1) is 0 Å². The smallest absolute Gasteiger partial charge is 0.127 e. The van der Waals surface area contributed by atoms with Crippen LogP contribution in [0.5, 0.6) is 17.2 Å². The quantitative estimate of drug-likeness (QED) is 0.835. The van der Waals surface area contributed by atoms with E-state index in [0.717, 1.165) is 11.1 Å². The summed E-state index contributed by atoms with van der Waals surface area (Å²) < 4.78 is 20.1. The van der Waals surface area contributed by atoms with Crippen molar-refractivity contribution in [3.63, 3.8) is 0 Å². The van der Waals surface area contributed by atoms with E-state index < -0.39 is 6.17 Å². The minimum Gasteiger partial charge on any atom is -0.508 e. The molecule has 2 aromatic rings. The molecule has 0 radical (unpaired) electrons. The molecule has 0 aromatic heterocycles. The van der Waals surface area contributed by atoms with Gasteiger partial charge in [0.2, 0.25) is 0 Å². The van der Waals surface area contributed by atoms with Crippen LogP contribution in [-0.2, 0) is 0 Å². The molecule has 2 aromatic carbocycles. The summed E-state index contributed by atoms with van der Waals surface area (Å²) >= 11 is 0. The maximum atomic E-state index is 14.0. The van der Waals surface area contributed by atoms with E-state index in [-0.39, 0.29) is 29.4 Å². The van der Waals surface area contributed by atoms with Gasteiger partial charge in [0.1, 0.15) is 29.5 Å². The molecule has 1 aliphatic carbocycles. The Bertz CT molecular complexity index is 698. The van der Waals surface area contributed by atoms with Crippen molar-refractivity contribution in [1.29, 1.82) is 0 Å². The van der Waals surface area contributed by atoms with Crippen LogP contribution in [0.25, 0.3) is 0 Å². The fraction of sp³-hybridized carbons (Fsp3) is 0.333. The fourth-order valence-electron chi connectivity index (χ4n) is 3.83. The van der Waals surface area contributed by atoms with Crippen LogP contribution in [0.2, 0.25) is 0 Å². The molecule has 0 bridgehead atoms. The third kappa shape index (κ3) is 2.10. The van der Waals surface area contributed by atoms with E-state index in [4.69, 9.17) is 4.74 Å². The first-order valence-corrected chi connectivity index (χ1v) is 7.54.